The van der Waals surface area contributed by atoms with Gasteiger partial charge in [-0.25, -0.2) is 23.3 Å². The summed E-state index contributed by atoms with van der Waals surface area (Å²) in [6, 6.07) is 4.34. The molecule has 0 spiro atoms. The zero-order valence-electron chi connectivity index (χ0n) is 16.4. The summed E-state index contributed by atoms with van der Waals surface area (Å²) in [4.78, 5) is 49.1. The van der Waals surface area contributed by atoms with Gasteiger partial charge in [-0.05, 0) is 32.9 Å². The molecule has 0 saturated heterocycles. The third-order valence-corrected chi connectivity index (χ3v) is 4.25. The minimum Gasteiger partial charge on any atom is -0.466 e. The van der Waals surface area contributed by atoms with Crippen LogP contribution in [0.4, 0.5) is 4.39 Å². The Morgan fingerprint density at radius 3 is 2.38 bits per heavy atom. The quantitative estimate of drug-likeness (QED) is 0.697. The molecule has 0 N–H and O–H groups in total. The molecule has 0 radical (unpaired) electrons. The van der Waals surface area contributed by atoms with Crippen molar-refractivity contribution in [3.8, 4) is 11.8 Å². The Hall–Kier alpha value is -3.74. The summed E-state index contributed by atoms with van der Waals surface area (Å²) in [5.41, 5.74) is -4.34. The summed E-state index contributed by atoms with van der Waals surface area (Å²) in [7, 11) is 2.50. The number of esters is 2. The zero-order chi connectivity index (χ0) is 22.1. The number of hydrogen-bond acceptors (Lipinski definition) is 7. The maximum Gasteiger partial charge on any atom is 0.349 e. The topological polar surface area (TPSA) is 120 Å². The Bertz CT molecular complexity index is 1170. The van der Waals surface area contributed by atoms with E-state index in [9.17, 15) is 28.8 Å². The molecular formula is C19H18FN3O6. The molecule has 1 aromatic heterocycles. The lowest BCUT2D eigenvalue weighted by molar-refractivity contribution is -0.159. The number of carbonyl (C=O) groups is 2. The molecule has 0 saturated carbocycles. The molecule has 0 amide bonds. The number of aryl methyl sites for hydroxylation is 1. The molecule has 2 rings (SSSR count). The van der Waals surface area contributed by atoms with Crippen molar-refractivity contribution in [2.75, 3.05) is 7.11 Å². The van der Waals surface area contributed by atoms with Gasteiger partial charge in [0.15, 0.2) is 0 Å². The largest absolute Gasteiger partial charge is 0.466 e. The van der Waals surface area contributed by atoms with Crippen LogP contribution in [0.5, 0.6) is 0 Å². The van der Waals surface area contributed by atoms with E-state index in [4.69, 9.17) is 4.74 Å². The van der Waals surface area contributed by atoms with Gasteiger partial charge in [0, 0.05) is 18.8 Å². The van der Waals surface area contributed by atoms with E-state index in [1.807, 2.05) is 0 Å². The average Bonchev–Trinajstić information content (AvgIpc) is 2.65. The summed E-state index contributed by atoms with van der Waals surface area (Å²) >= 11 is 0. The first-order valence-electron chi connectivity index (χ1n) is 8.30. The number of ether oxygens (including phenoxy) is 2. The minimum atomic E-state index is -1.69. The van der Waals surface area contributed by atoms with Crippen LogP contribution in [0.1, 0.15) is 35.5 Å². The smallest absolute Gasteiger partial charge is 0.349 e. The molecule has 0 aliphatic heterocycles. The maximum absolute atomic E-state index is 14.6. The van der Waals surface area contributed by atoms with Crippen molar-refractivity contribution in [2.24, 2.45) is 7.05 Å². The highest BCUT2D eigenvalue weighted by molar-refractivity contribution is 5.95. The monoisotopic (exact) mass is 403 g/mol. The predicted octanol–water partition coefficient (Wildman–Crippen LogP) is 0.964. The molecule has 152 valence electrons. The lowest BCUT2D eigenvalue weighted by Gasteiger charge is -2.22. The first-order valence-corrected chi connectivity index (χ1v) is 8.30. The van der Waals surface area contributed by atoms with E-state index in [0.29, 0.717) is 16.3 Å². The summed E-state index contributed by atoms with van der Waals surface area (Å²) in [6.45, 7) is 4.07. The van der Waals surface area contributed by atoms with Crippen molar-refractivity contribution < 1.29 is 23.5 Å². The van der Waals surface area contributed by atoms with E-state index in [0.717, 1.165) is 23.8 Å². The van der Waals surface area contributed by atoms with Crippen LogP contribution >= 0.6 is 0 Å². The molecule has 9 nitrogen and oxygen atoms in total. The number of aromatic nitrogens is 2. The Labute approximate surface area is 164 Å². The number of hydrogen-bond donors (Lipinski definition) is 0. The summed E-state index contributed by atoms with van der Waals surface area (Å²) in [5.74, 6) is -3.04. The van der Waals surface area contributed by atoms with Crippen molar-refractivity contribution >= 4 is 11.9 Å². The van der Waals surface area contributed by atoms with Gasteiger partial charge in [-0.3, -0.25) is 4.79 Å². The second kappa shape index (κ2) is 7.71. The second-order valence-corrected chi connectivity index (χ2v) is 6.65. The van der Waals surface area contributed by atoms with Crippen LogP contribution in [-0.4, -0.2) is 33.8 Å². The number of nitrogens with zero attached hydrogens (tertiary/aromatic N) is 3. The Morgan fingerprint density at radius 2 is 1.83 bits per heavy atom. The third kappa shape index (κ3) is 3.94. The highest BCUT2D eigenvalue weighted by atomic mass is 19.1. The van der Waals surface area contributed by atoms with Gasteiger partial charge in [-0.2, -0.15) is 5.26 Å². The number of benzene rings is 1. The standard InChI is InChI=1S/C19H18FN3O6/c1-10-6-15(24)23(18(27)22(10)4)14-8-12(11(9-21)7-13(14)20)16(25)29-19(2,3)17(26)28-5/h6-8H,1-5H3. The lowest BCUT2D eigenvalue weighted by Crippen LogP contribution is -2.39. The van der Waals surface area contributed by atoms with Gasteiger partial charge in [0.25, 0.3) is 5.56 Å². The van der Waals surface area contributed by atoms with Crippen LogP contribution in [0.3, 0.4) is 0 Å². The fourth-order valence-electron chi connectivity index (χ4n) is 2.53. The fourth-order valence-corrected chi connectivity index (χ4v) is 2.53. The lowest BCUT2D eigenvalue weighted by atomic mass is 10.1. The third-order valence-electron chi connectivity index (χ3n) is 4.25. The minimum absolute atomic E-state index is 0.352. The zero-order valence-corrected chi connectivity index (χ0v) is 16.4. The van der Waals surface area contributed by atoms with Crippen molar-refractivity contribution in [1.82, 2.24) is 9.13 Å². The van der Waals surface area contributed by atoms with Crippen molar-refractivity contribution in [3.63, 3.8) is 0 Å². The SMILES string of the molecule is COC(=O)C(C)(C)OC(=O)c1cc(-n2c(=O)cc(C)n(C)c2=O)c(F)cc1C#N. The molecule has 0 bridgehead atoms. The molecule has 2 aromatic rings. The van der Waals surface area contributed by atoms with Gasteiger partial charge in [-0.1, -0.05) is 0 Å². The van der Waals surface area contributed by atoms with Crippen molar-refractivity contribution in [2.45, 2.75) is 26.4 Å². The van der Waals surface area contributed by atoms with Crippen LogP contribution in [0.25, 0.3) is 5.69 Å². The van der Waals surface area contributed by atoms with Gasteiger partial charge >= 0.3 is 17.6 Å². The van der Waals surface area contributed by atoms with Gasteiger partial charge in [0.2, 0.25) is 5.60 Å². The molecule has 0 unspecified atom stereocenters. The van der Waals surface area contributed by atoms with Crippen molar-refractivity contribution in [1.29, 1.82) is 5.26 Å². The Morgan fingerprint density at radius 1 is 1.21 bits per heavy atom. The number of rotatable bonds is 4. The van der Waals surface area contributed by atoms with E-state index in [1.54, 1.807) is 6.07 Å². The molecule has 1 heterocycles. The van der Waals surface area contributed by atoms with E-state index in [2.05, 4.69) is 4.74 Å². The van der Waals surface area contributed by atoms with Gasteiger partial charge in [0.05, 0.1) is 23.9 Å². The summed E-state index contributed by atoms with van der Waals surface area (Å²) in [5, 5.41) is 9.25. The van der Waals surface area contributed by atoms with E-state index in [-0.39, 0.29) is 0 Å². The summed E-state index contributed by atoms with van der Waals surface area (Å²) < 4.78 is 25.9. The van der Waals surface area contributed by atoms with Crippen LogP contribution in [0.15, 0.2) is 27.8 Å². The number of methoxy groups -OCH3 is 1. The highest BCUT2D eigenvalue weighted by Gasteiger charge is 2.34. The highest BCUT2D eigenvalue weighted by Crippen LogP contribution is 2.21. The van der Waals surface area contributed by atoms with Gasteiger partial charge < -0.3 is 14.0 Å². The molecule has 0 aliphatic carbocycles. The molecule has 0 fully saturated rings. The fraction of sp³-hybridized carbons (Fsp3) is 0.316. The number of nitriles is 1. The van der Waals surface area contributed by atoms with Crippen LogP contribution < -0.4 is 11.2 Å². The number of carbonyl (C=O) groups excluding carboxylic acids is 2. The molecule has 0 aliphatic rings. The van der Waals surface area contributed by atoms with Crippen LogP contribution in [-0.2, 0) is 21.3 Å². The first-order chi connectivity index (χ1) is 13.4. The van der Waals surface area contributed by atoms with Gasteiger partial charge in [-0.15, -0.1) is 0 Å². The Kier molecular flexibility index (Phi) is 5.73. The molecule has 10 heteroatoms. The molecule has 29 heavy (non-hydrogen) atoms. The Balaban J connectivity index is 2.70. The molecule has 0 atom stereocenters. The van der Waals surface area contributed by atoms with Gasteiger partial charge in [0.1, 0.15) is 11.9 Å². The number of halogens is 1. The molecule has 1 aromatic carbocycles. The maximum atomic E-state index is 14.6. The molecular weight excluding hydrogens is 385 g/mol. The van der Waals surface area contributed by atoms with Crippen LogP contribution in [0, 0.1) is 24.1 Å². The van der Waals surface area contributed by atoms with Crippen LogP contribution in [0.2, 0.25) is 0 Å². The predicted molar refractivity (Wildman–Crippen MR) is 98.2 cm³/mol. The second-order valence-electron chi connectivity index (χ2n) is 6.65. The van der Waals surface area contributed by atoms with E-state index < -0.39 is 51.4 Å². The van der Waals surface area contributed by atoms with Crippen molar-refractivity contribution in [3.05, 3.63) is 61.7 Å². The first kappa shape index (κ1) is 21.6. The average molecular weight is 403 g/mol. The summed E-state index contributed by atoms with van der Waals surface area (Å²) in [6.07, 6.45) is 0. The normalized spacial score (nSPS) is 10.9. The van der Waals surface area contributed by atoms with E-state index in [1.165, 1.54) is 27.8 Å². The van der Waals surface area contributed by atoms with E-state index >= 15 is 0 Å².